The molecule has 0 spiro atoms. The number of hydrogen-bond donors (Lipinski definition) is 3. The molecule has 61 heavy (non-hydrogen) atoms. The average Bonchev–Trinajstić information content (AvgIpc) is 4.09. The van der Waals surface area contributed by atoms with E-state index in [9.17, 15) is 14.4 Å². The number of nitrogens with zero attached hydrogens (tertiary/aromatic N) is 6. The second-order valence-electron chi connectivity index (χ2n) is 18.0. The van der Waals surface area contributed by atoms with Crippen molar-refractivity contribution in [1.29, 1.82) is 0 Å². The van der Waals surface area contributed by atoms with Crippen molar-refractivity contribution >= 4 is 17.9 Å². The Kier molecular flexibility index (Phi) is 11.5. The highest BCUT2D eigenvalue weighted by Gasteiger charge is 2.42. The van der Waals surface area contributed by atoms with Crippen LogP contribution in [0.1, 0.15) is 101 Å². The van der Waals surface area contributed by atoms with Crippen LogP contribution in [0.25, 0.3) is 33.6 Å². The van der Waals surface area contributed by atoms with Gasteiger partial charge in [0.05, 0.1) is 41.8 Å². The molecule has 0 bridgehead atoms. The molecule has 0 radical (unpaired) electrons. The normalized spacial score (nSPS) is 20.7. The lowest BCUT2D eigenvalue weighted by molar-refractivity contribution is -0.144. The molecular weight excluding hydrogens is 767 g/mol. The number of amides is 3. The summed E-state index contributed by atoms with van der Waals surface area (Å²) in [5.41, 5.74) is 9.34. The van der Waals surface area contributed by atoms with Gasteiger partial charge < -0.3 is 24.5 Å². The largest absolute Gasteiger partial charge is 0.443 e. The third-order valence-corrected chi connectivity index (χ3v) is 12.6. The number of H-pyrrole nitrogens is 2. The Morgan fingerprint density at radius 3 is 1.75 bits per heavy atom. The summed E-state index contributed by atoms with van der Waals surface area (Å²) < 4.78 is 5.34. The van der Waals surface area contributed by atoms with Gasteiger partial charge in [-0.05, 0) is 100 Å². The monoisotopic (exact) mass is 823 g/mol. The predicted octanol–water partition coefficient (Wildman–Crippen LogP) is 8.06. The van der Waals surface area contributed by atoms with Crippen molar-refractivity contribution in [3.63, 3.8) is 0 Å². The molecule has 0 saturated carbocycles. The number of piperidine rings is 1. The molecule has 0 aliphatic carbocycles. The molecule has 3 amide bonds. The Hall–Kier alpha value is -5.79. The molecule has 4 saturated heterocycles. The van der Waals surface area contributed by atoms with Crippen LogP contribution in [0, 0.1) is 5.92 Å². The molecular formula is C48H57N9O4. The first kappa shape index (κ1) is 40.6. The summed E-state index contributed by atoms with van der Waals surface area (Å²) >= 11 is 0. The van der Waals surface area contributed by atoms with Crippen molar-refractivity contribution in [1.82, 2.24) is 45.1 Å². The van der Waals surface area contributed by atoms with Gasteiger partial charge in [-0.1, -0.05) is 85.3 Å². The van der Waals surface area contributed by atoms with Gasteiger partial charge in [0.2, 0.25) is 11.8 Å². The minimum absolute atomic E-state index is 0.0735. The van der Waals surface area contributed by atoms with E-state index < -0.39 is 11.7 Å². The molecule has 13 nitrogen and oxygen atoms in total. The van der Waals surface area contributed by atoms with Crippen molar-refractivity contribution in [2.75, 3.05) is 39.3 Å². The number of aromatic amines is 2. The van der Waals surface area contributed by atoms with Crippen LogP contribution < -0.4 is 5.43 Å². The van der Waals surface area contributed by atoms with Gasteiger partial charge in [0.25, 0.3) is 0 Å². The molecule has 3 atom stereocenters. The number of aromatic nitrogens is 4. The van der Waals surface area contributed by atoms with Gasteiger partial charge in [-0.15, -0.1) is 0 Å². The number of carbonyl (C=O) groups excluding carboxylic acids is 3. The Balaban J connectivity index is 0.817. The van der Waals surface area contributed by atoms with E-state index in [-0.39, 0.29) is 35.9 Å². The lowest BCUT2D eigenvalue weighted by Crippen LogP contribution is -2.60. The van der Waals surface area contributed by atoms with Crippen molar-refractivity contribution in [2.24, 2.45) is 5.92 Å². The first-order chi connectivity index (χ1) is 29.6. The fourth-order valence-corrected chi connectivity index (χ4v) is 9.49. The number of ether oxygens (including phenoxy) is 1. The third-order valence-electron chi connectivity index (χ3n) is 12.6. The topological polar surface area (TPSA) is 143 Å². The first-order valence-electron chi connectivity index (χ1n) is 22.0. The van der Waals surface area contributed by atoms with Gasteiger partial charge in [0, 0.05) is 26.2 Å². The van der Waals surface area contributed by atoms with E-state index in [2.05, 4.69) is 85.9 Å². The smallest absolute Gasteiger partial charge is 0.422 e. The van der Waals surface area contributed by atoms with Gasteiger partial charge >= 0.3 is 6.09 Å². The minimum Gasteiger partial charge on any atom is -0.443 e. The molecule has 3 aromatic carbocycles. The average molecular weight is 824 g/mol. The van der Waals surface area contributed by atoms with Crippen LogP contribution in [0.15, 0.2) is 91.3 Å². The van der Waals surface area contributed by atoms with Gasteiger partial charge in [0.1, 0.15) is 23.3 Å². The SMILES string of the molecule is CC(C)(C)OC(=O)NN1CC(C(=O)N2CCC[C@H]2c2ncc(-c3ccc(-c4ccc(-c5cnc([C@@H]6CCCN6C(=O)[C@@H](c6ccccc6)N6CCCCC6)[nH]5)cc4)cc3)[nH]2)C1. The summed E-state index contributed by atoms with van der Waals surface area (Å²) in [4.78, 5) is 63.1. The standard InChI is InChI=1S/C48H57N9O4/c1-48(2,3)61-47(60)53-55-30-37(31-55)45(58)56-26-10-14-40(56)43-49-28-38(51-43)34-20-16-32(17-21-34)33-18-22-35(23-19-33)39-29-50-44(52-39)41-15-11-27-57(41)46(59)42(36-12-6-4-7-13-36)54-24-8-5-9-25-54/h4,6-7,12-13,16-23,28-29,37,40-42H,5,8-11,14-15,24-27,30-31H2,1-3H3,(H,49,51)(H,50,52)(H,53,60)/t40-,41-,42+/m0/s1. The van der Waals surface area contributed by atoms with Crippen molar-refractivity contribution < 1.29 is 19.1 Å². The fraction of sp³-hybridized carbons (Fsp3) is 0.438. The summed E-state index contributed by atoms with van der Waals surface area (Å²) in [6.45, 7) is 9.72. The Bertz CT molecular complexity index is 2300. The van der Waals surface area contributed by atoms with E-state index in [1.165, 1.54) is 6.42 Å². The maximum absolute atomic E-state index is 14.4. The predicted molar refractivity (Wildman–Crippen MR) is 233 cm³/mol. The molecule has 2 aromatic heterocycles. The number of hydrazine groups is 1. The molecule has 0 unspecified atom stereocenters. The Morgan fingerprint density at radius 2 is 1.20 bits per heavy atom. The first-order valence-corrected chi connectivity index (χ1v) is 22.0. The molecule has 3 N–H and O–H groups in total. The number of benzene rings is 3. The van der Waals surface area contributed by atoms with E-state index in [0.29, 0.717) is 19.6 Å². The van der Waals surface area contributed by atoms with E-state index >= 15 is 0 Å². The highest BCUT2D eigenvalue weighted by Crippen LogP contribution is 2.38. The molecule has 13 heteroatoms. The Labute approximate surface area is 357 Å². The van der Waals surface area contributed by atoms with E-state index in [1.54, 1.807) is 5.01 Å². The molecule has 6 heterocycles. The van der Waals surface area contributed by atoms with Gasteiger partial charge in [-0.2, -0.15) is 0 Å². The Morgan fingerprint density at radius 1 is 0.672 bits per heavy atom. The minimum atomic E-state index is -0.581. The zero-order chi connectivity index (χ0) is 42.1. The highest BCUT2D eigenvalue weighted by molar-refractivity contribution is 5.84. The maximum Gasteiger partial charge on any atom is 0.422 e. The number of rotatable bonds is 10. The number of likely N-dealkylation sites (tertiary alicyclic amines) is 3. The van der Waals surface area contributed by atoms with Crippen LogP contribution >= 0.6 is 0 Å². The third kappa shape index (κ3) is 8.85. The highest BCUT2D eigenvalue weighted by atomic mass is 16.6. The van der Waals surface area contributed by atoms with Crippen molar-refractivity contribution in [3.05, 3.63) is 108 Å². The summed E-state index contributed by atoms with van der Waals surface area (Å²) in [6, 6.07) is 26.8. The molecule has 9 rings (SSSR count). The number of imidazole rings is 2. The lowest BCUT2D eigenvalue weighted by Gasteiger charge is -2.40. The number of carbonyl (C=O) groups is 3. The zero-order valence-electron chi connectivity index (χ0n) is 35.5. The van der Waals surface area contributed by atoms with Crippen LogP contribution in [-0.2, 0) is 14.3 Å². The van der Waals surface area contributed by atoms with Gasteiger partial charge in [0.15, 0.2) is 0 Å². The number of hydrogen-bond acceptors (Lipinski definition) is 8. The fourth-order valence-electron chi connectivity index (χ4n) is 9.49. The van der Waals surface area contributed by atoms with Crippen LogP contribution in [0.5, 0.6) is 0 Å². The van der Waals surface area contributed by atoms with E-state index in [1.807, 2.05) is 56.3 Å². The van der Waals surface area contributed by atoms with Crippen molar-refractivity contribution in [2.45, 2.75) is 89.4 Å². The molecule has 4 fully saturated rings. The second kappa shape index (κ2) is 17.3. The van der Waals surface area contributed by atoms with E-state index in [4.69, 9.17) is 14.7 Å². The second-order valence-corrected chi connectivity index (χ2v) is 18.0. The van der Waals surface area contributed by atoms with Gasteiger partial charge in [-0.3, -0.25) is 19.9 Å². The van der Waals surface area contributed by atoms with Crippen LogP contribution in [0.2, 0.25) is 0 Å². The van der Waals surface area contributed by atoms with Crippen LogP contribution in [-0.4, -0.2) is 102 Å². The molecule has 318 valence electrons. The summed E-state index contributed by atoms with van der Waals surface area (Å²) in [5, 5.41) is 1.73. The lowest BCUT2D eigenvalue weighted by atomic mass is 10.00. The summed E-state index contributed by atoms with van der Waals surface area (Å²) in [6.07, 6.45) is 10.4. The molecule has 5 aromatic rings. The molecule has 4 aliphatic rings. The number of nitrogens with one attached hydrogen (secondary N) is 3. The quantitative estimate of drug-likeness (QED) is 0.129. The summed E-state index contributed by atoms with van der Waals surface area (Å²) in [5.74, 6) is 1.74. The summed E-state index contributed by atoms with van der Waals surface area (Å²) in [7, 11) is 0. The molecule has 4 aliphatic heterocycles. The maximum atomic E-state index is 14.4. The van der Waals surface area contributed by atoms with Crippen LogP contribution in [0.4, 0.5) is 4.79 Å². The van der Waals surface area contributed by atoms with Gasteiger partial charge in [-0.25, -0.2) is 19.8 Å². The van der Waals surface area contributed by atoms with Crippen molar-refractivity contribution in [3.8, 4) is 33.6 Å². The van der Waals surface area contributed by atoms with Crippen LogP contribution in [0.3, 0.4) is 0 Å². The van der Waals surface area contributed by atoms with E-state index in [0.717, 1.165) is 109 Å². The zero-order valence-corrected chi connectivity index (χ0v) is 35.5.